The van der Waals surface area contributed by atoms with Gasteiger partial charge in [-0.05, 0) is 51.1 Å². The van der Waals surface area contributed by atoms with Crippen molar-refractivity contribution in [2.75, 3.05) is 11.9 Å². The molecule has 0 aliphatic carbocycles. The maximum atomic E-state index is 11.6. The highest BCUT2D eigenvalue weighted by Gasteiger charge is 2.06. The molecule has 0 radical (unpaired) electrons. The van der Waals surface area contributed by atoms with E-state index in [9.17, 15) is 4.79 Å². The number of aliphatic imine (C=N–C) groups is 1. The van der Waals surface area contributed by atoms with Crippen LogP contribution in [-0.4, -0.2) is 28.5 Å². The number of aryl methyl sites for hydroxylation is 2. The fraction of sp³-hybridized carbons (Fsp3) is 0.250. The van der Waals surface area contributed by atoms with Gasteiger partial charge in [0.05, 0.1) is 12.2 Å². The highest BCUT2D eigenvalue weighted by molar-refractivity contribution is 5.94. The third-order valence-electron chi connectivity index (χ3n) is 2.86. The second-order valence-electron chi connectivity index (χ2n) is 4.87. The van der Waals surface area contributed by atoms with Gasteiger partial charge < -0.3 is 15.8 Å². The number of aromatic nitrogens is 2. The summed E-state index contributed by atoms with van der Waals surface area (Å²) in [5, 5.41) is 2.92. The van der Waals surface area contributed by atoms with Crippen molar-refractivity contribution < 1.29 is 9.53 Å². The number of halogens is 1. The van der Waals surface area contributed by atoms with E-state index in [-0.39, 0.29) is 24.3 Å². The third-order valence-corrected chi connectivity index (χ3v) is 2.86. The molecule has 1 aromatic carbocycles. The molecule has 3 N–H and O–H groups in total. The number of carbonyl (C=O) groups excluding carboxylic acids is 1. The Hall–Kier alpha value is -2.67. The fourth-order valence-corrected chi connectivity index (χ4v) is 1.94. The molecule has 24 heavy (non-hydrogen) atoms. The molecule has 0 aliphatic rings. The lowest BCUT2D eigenvalue weighted by Gasteiger charge is -2.07. The number of hydrogen-bond acceptors (Lipinski definition) is 5. The van der Waals surface area contributed by atoms with Crippen LogP contribution < -0.4 is 11.1 Å². The number of anilines is 1. The van der Waals surface area contributed by atoms with Crippen molar-refractivity contribution in [3.8, 4) is 0 Å². The van der Waals surface area contributed by atoms with Gasteiger partial charge in [-0.25, -0.2) is 14.8 Å². The first-order valence-electron chi connectivity index (χ1n) is 7.18. The molecule has 0 unspecified atom stereocenters. The first kappa shape index (κ1) is 19.4. The van der Waals surface area contributed by atoms with Crippen molar-refractivity contribution in [1.82, 2.24) is 9.97 Å². The summed E-state index contributed by atoms with van der Waals surface area (Å²) in [4.78, 5) is 24.1. The number of nitrogens with one attached hydrogen (secondary N) is 1. The van der Waals surface area contributed by atoms with Crippen molar-refractivity contribution in [2.45, 2.75) is 20.8 Å². The maximum Gasteiger partial charge on any atom is 0.338 e. The zero-order valence-corrected chi connectivity index (χ0v) is 14.6. The Kier molecular flexibility index (Phi) is 7.13. The summed E-state index contributed by atoms with van der Waals surface area (Å²) in [5.74, 6) is 0.110. The highest BCUT2D eigenvalue weighted by atomic mass is 35.5. The number of hydrogen-bond donors (Lipinski definition) is 2. The summed E-state index contributed by atoms with van der Waals surface area (Å²) in [6.07, 6.45) is 0. The summed E-state index contributed by atoms with van der Waals surface area (Å²) in [7, 11) is 0. The van der Waals surface area contributed by atoms with Gasteiger partial charge in [-0.3, -0.25) is 0 Å². The minimum absolute atomic E-state index is 0. The Bertz CT molecular complexity index is 711. The molecule has 2 rings (SSSR count). The molecular weight excluding hydrogens is 330 g/mol. The van der Waals surface area contributed by atoms with E-state index in [1.54, 1.807) is 31.2 Å². The van der Waals surface area contributed by atoms with Crippen LogP contribution in [0.5, 0.6) is 0 Å². The summed E-state index contributed by atoms with van der Waals surface area (Å²) in [6, 6.07) is 8.60. The Balaban J connectivity index is 0.00000288. The van der Waals surface area contributed by atoms with Crippen molar-refractivity contribution >= 4 is 36.0 Å². The smallest absolute Gasteiger partial charge is 0.338 e. The Morgan fingerprint density at radius 3 is 2.33 bits per heavy atom. The SMILES string of the molecule is CCOC(=O)c1ccc(N/C(N)=N/c2nc(C)cc(C)n2)cc1.Cl. The van der Waals surface area contributed by atoms with Crippen LogP contribution in [0.3, 0.4) is 0 Å². The predicted octanol–water partition coefficient (Wildman–Crippen LogP) is 2.75. The highest BCUT2D eigenvalue weighted by Crippen LogP contribution is 2.12. The number of esters is 1. The molecular formula is C16H20ClN5O2. The van der Waals surface area contributed by atoms with Crippen molar-refractivity contribution in [2.24, 2.45) is 10.7 Å². The first-order valence-corrected chi connectivity index (χ1v) is 7.18. The van der Waals surface area contributed by atoms with Crippen LogP contribution in [0.4, 0.5) is 11.6 Å². The van der Waals surface area contributed by atoms with E-state index in [4.69, 9.17) is 10.5 Å². The quantitative estimate of drug-likeness (QED) is 0.500. The van der Waals surface area contributed by atoms with Crippen LogP contribution in [0, 0.1) is 13.8 Å². The first-order chi connectivity index (χ1) is 11.0. The largest absolute Gasteiger partial charge is 0.462 e. The zero-order chi connectivity index (χ0) is 16.8. The summed E-state index contributed by atoms with van der Waals surface area (Å²) >= 11 is 0. The lowest BCUT2D eigenvalue weighted by molar-refractivity contribution is 0.0526. The minimum atomic E-state index is -0.357. The number of nitrogens with zero attached hydrogens (tertiary/aromatic N) is 3. The maximum absolute atomic E-state index is 11.6. The Morgan fingerprint density at radius 2 is 1.79 bits per heavy atom. The molecule has 0 bridgehead atoms. The molecule has 8 heteroatoms. The van der Waals surface area contributed by atoms with Gasteiger partial charge >= 0.3 is 5.97 Å². The second kappa shape index (κ2) is 8.83. The van der Waals surface area contributed by atoms with Crippen LogP contribution in [0.2, 0.25) is 0 Å². The molecule has 0 fully saturated rings. The summed E-state index contributed by atoms with van der Waals surface area (Å²) in [6.45, 7) is 5.84. The van der Waals surface area contributed by atoms with Gasteiger partial charge in [0.2, 0.25) is 5.96 Å². The standard InChI is InChI=1S/C16H19N5O2.ClH/c1-4-23-14(22)12-5-7-13(8-6-12)20-15(17)21-16-18-10(2)9-11(3)19-16;/h5-9H,4H2,1-3H3,(H3,17,18,19,20,21);1H. The number of benzene rings is 1. The van der Waals surface area contributed by atoms with E-state index in [0.29, 0.717) is 23.8 Å². The Morgan fingerprint density at radius 1 is 1.21 bits per heavy atom. The van der Waals surface area contributed by atoms with E-state index < -0.39 is 0 Å². The average Bonchev–Trinajstić information content (AvgIpc) is 2.47. The number of guanidine groups is 1. The van der Waals surface area contributed by atoms with Gasteiger partial charge in [-0.15, -0.1) is 12.4 Å². The topological polar surface area (TPSA) is 102 Å². The minimum Gasteiger partial charge on any atom is -0.462 e. The normalized spacial score (nSPS) is 10.7. The van der Waals surface area contributed by atoms with Gasteiger partial charge in [0, 0.05) is 17.1 Å². The van der Waals surface area contributed by atoms with Gasteiger partial charge in [0.1, 0.15) is 0 Å². The van der Waals surface area contributed by atoms with Crippen LogP contribution in [-0.2, 0) is 4.74 Å². The van der Waals surface area contributed by atoms with E-state index in [2.05, 4.69) is 20.3 Å². The average molecular weight is 350 g/mol. The van der Waals surface area contributed by atoms with E-state index >= 15 is 0 Å². The lowest BCUT2D eigenvalue weighted by Crippen LogP contribution is -2.22. The zero-order valence-electron chi connectivity index (χ0n) is 13.7. The van der Waals surface area contributed by atoms with Crippen LogP contribution in [0.25, 0.3) is 0 Å². The number of rotatable bonds is 4. The molecule has 1 aromatic heterocycles. The third kappa shape index (κ3) is 5.51. The van der Waals surface area contributed by atoms with Gasteiger partial charge in [-0.1, -0.05) is 0 Å². The molecule has 0 saturated carbocycles. The predicted molar refractivity (Wildman–Crippen MR) is 96.1 cm³/mol. The monoisotopic (exact) mass is 349 g/mol. The Labute approximate surface area is 146 Å². The van der Waals surface area contributed by atoms with Crippen LogP contribution in [0.1, 0.15) is 28.7 Å². The molecule has 2 aromatic rings. The summed E-state index contributed by atoms with van der Waals surface area (Å²) in [5.41, 5.74) is 8.67. The number of ether oxygens (including phenoxy) is 1. The van der Waals surface area contributed by atoms with E-state index in [1.165, 1.54) is 0 Å². The second-order valence-corrected chi connectivity index (χ2v) is 4.87. The van der Waals surface area contributed by atoms with E-state index in [1.807, 2.05) is 19.9 Å². The molecule has 7 nitrogen and oxygen atoms in total. The molecule has 0 saturated heterocycles. The van der Waals surface area contributed by atoms with Crippen LogP contribution >= 0.6 is 12.4 Å². The molecule has 128 valence electrons. The van der Waals surface area contributed by atoms with Gasteiger partial charge in [-0.2, -0.15) is 4.99 Å². The van der Waals surface area contributed by atoms with Crippen molar-refractivity contribution in [1.29, 1.82) is 0 Å². The van der Waals surface area contributed by atoms with Crippen LogP contribution in [0.15, 0.2) is 35.3 Å². The molecule has 0 aliphatic heterocycles. The van der Waals surface area contributed by atoms with E-state index in [0.717, 1.165) is 11.4 Å². The molecule has 0 atom stereocenters. The lowest BCUT2D eigenvalue weighted by atomic mass is 10.2. The molecule has 1 heterocycles. The van der Waals surface area contributed by atoms with Gasteiger partial charge in [0.15, 0.2) is 0 Å². The summed E-state index contributed by atoms with van der Waals surface area (Å²) < 4.78 is 4.93. The fourth-order valence-electron chi connectivity index (χ4n) is 1.94. The van der Waals surface area contributed by atoms with Crippen molar-refractivity contribution in [3.63, 3.8) is 0 Å². The number of nitrogens with two attached hydrogens (primary N) is 1. The molecule has 0 spiro atoms. The van der Waals surface area contributed by atoms with Gasteiger partial charge in [0.25, 0.3) is 5.95 Å². The molecule has 0 amide bonds. The van der Waals surface area contributed by atoms with Crippen molar-refractivity contribution in [3.05, 3.63) is 47.3 Å². The number of carbonyl (C=O) groups is 1.